The van der Waals surface area contributed by atoms with Crippen LogP contribution in [0.4, 0.5) is 0 Å². The van der Waals surface area contributed by atoms with Crippen LogP contribution < -0.4 is 0 Å². The zero-order chi connectivity index (χ0) is 15.6. The van der Waals surface area contributed by atoms with Crippen LogP contribution in [0.5, 0.6) is 0 Å². The smallest absolute Gasteiger partial charge is 0.0478 e. The molecule has 21 heavy (non-hydrogen) atoms. The average Bonchev–Trinajstić information content (AvgIpc) is 2.46. The first-order chi connectivity index (χ1) is 10.3. The van der Waals surface area contributed by atoms with Crippen LogP contribution >= 0.6 is 0 Å². The summed E-state index contributed by atoms with van der Waals surface area (Å²) < 4.78 is 5.65. The summed E-state index contributed by atoms with van der Waals surface area (Å²) >= 11 is 0. The highest BCUT2D eigenvalue weighted by molar-refractivity contribution is 4.49. The van der Waals surface area contributed by atoms with Crippen molar-refractivity contribution < 1.29 is 4.74 Å². The summed E-state index contributed by atoms with van der Waals surface area (Å²) in [6, 6.07) is 0. The third-order valence-corrected chi connectivity index (χ3v) is 4.04. The van der Waals surface area contributed by atoms with Crippen molar-refractivity contribution >= 4 is 0 Å². The van der Waals surface area contributed by atoms with Gasteiger partial charge < -0.3 is 9.64 Å². The third kappa shape index (κ3) is 19.9. The van der Waals surface area contributed by atoms with Gasteiger partial charge in [-0.25, -0.2) is 0 Å². The quantitative estimate of drug-likeness (QED) is 0.321. The Morgan fingerprint density at radius 3 is 1.48 bits per heavy atom. The predicted molar refractivity (Wildman–Crippen MR) is 95.1 cm³/mol. The normalized spacial score (nSPS) is 11.4. The Labute approximate surface area is 134 Å². The van der Waals surface area contributed by atoms with E-state index in [0.717, 1.165) is 26.2 Å². The molecule has 0 radical (unpaired) electrons. The molecule has 0 aromatic heterocycles. The summed E-state index contributed by atoms with van der Waals surface area (Å²) in [5.74, 6) is 0. The fourth-order valence-electron chi connectivity index (χ4n) is 2.63. The van der Waals surface area contributed by atoms with E-state index in [-0.39, 0.29) is 0 Å². The second-order valence-corrected chi connectivity index (χ2v) is 6.66. The molecule has 0 aliphatic carbocycles. The standard InChI is InChI=1S/C19H41NO/c1-4-5-6-7-8-9-10-11-12-13-14-15-18-21-19-16-17-20(2)3/h4-19H2,1-3H3. The van der Waals surface area contributed by atoms with Crippen LogP contribution in [0.3, 0.4) is 0 Å². The molecule has 0 aliphatic heterocycles. The molecule has 0 unspecified atom stereocenters. The summed E-state index contributed by atoms with van der Waals surface area (Å²) in [5, 5.41) is 0. The molecule has 0 heterocycles. The van der Waals surface area contributed by atoms with Gasteiger partial charge in [0.05, 0.1) is 0 Å². The van der Waals surface area contributed by atoms with Gasteiger partial charge in [-0.1, -0.05) is 77.6 Å². The number of unbranched alkanes of at least 4 members (excludes halogenated alkanes) is 11. The summed E-state index contributed by atoms with van der Waals surface area (Å²) in [6.45, 7) is 5.31. The van der Waals surface area contributed by atoms with Gasteiger partial charge in [0.25, 0.3) is 0 Å². The Balaban J connectivity index is 2.93. The van der Waals surface area contributed by atoms with Crippen molar-refractivity contribution in [3.8, 4) is 0 Å². The largest absolute Gasteiger partial charge is 0.381 e. The minimum Gasteiger partial charge on any atom is -0.381 e. The van der Waals surface area contributed by atoms with E-state index in [1.54, 1.807) is 0 Å². The highest BCUT2D eigenvalue weighted by Crippen LogP contribution is 2.11. The van der Waals surface area contributed by atoms with Crippen LogP contribution in [0.25, 0.3) is 0 Å². The molecule has 0 N–H and O–H groups in total. The van der Waals surface area contributed by atoms with Gasteiger partial charge >= 0.3 is 0 Å². The fraction of sp³-hybridized carbons (Fsp3) is 1.00. The first kappa shape index (κ1) is 20.9. The molecule has 0 bridgehead atoms. The van der Waals surface area contributed by atoms with Crippen molar-refractivity contribution in [2.24, 2.45) is 0 Å². The third-order valence-electron chi connectivity index (χ3n) is 4.04. The molecule has 2 heteroatoms. The van der Waals surface area contributed by atoms with Crippen molar-refractivity contribution in [1.29, 1.82) is 0 Å². The van der Waals surface area contributed by atoms with E-state index < -0.39 is 0 Å². The van der Waals surface area contributed by atoms with Crippen molar-refractivity contribution in [3.05, 3.63) is 0 Å². The Kier molecular flexibility index (Phi) is 17.9. The maximum atomic E-state index is 5.65. The lowest BCUT2D eigenvalue weighted by Gasteiger charge is -2.09. The first-order valence-corrected chi connectivity index (χ1v) is 9.50. The Morgan fingerprint density at radius 1 is 0.571 bits per heavy atom. The minimum absolute atomic E-state index is 0.927. The van der Waals surface area contributed by atoms with Crippen molar-refractivity contribution in [2.45, 2.75) is 90.4 Å². The van der Waals surface area contributed by atoms with Crippen molar-refractivity contribution in [3.63, 3.8) is 0 Å². The van der Waals surface area contributed by atoms with Crippen LogP contribution in [0.2, 0.25) is 0 Å². The molecule has 0 saturated heterocycles. The summed E-state index contributed by atoms with van der Waals surface area (Å²) in [4.78, 5) is 2.22. The number of nitrogens with zero attached hydrogens (tertiary/aromatic N) is 1. The Morgan fingerprint density at radius 2 is 1.00 bits per heavy atom. The van der Waals surface area contributed by atoms with E-state index in [9.17, 15) is 0 Å². The van der Waals surface area contributed by atoms with Crippen LogP contribution in [0.1, 0.15) is 90.4 Å². The zero-order valence-corrected chi connectivity index (χ0v) is 15.2. The van der Waals surface area contributed by atoms with Gasteiger partial charge in [-0.2, -0.15) is 0 Å². The van der Waals surface area contributed by atoms with E-state index in [1.165, 1.54) is 77.0 Å². The number of ether oxygens (including phenoxy) is 1. The molecular formula is C19H41NO. The summed E-state index contributed by atoms with van der Waals surface area (Å²) in [6.07, 6.45) is 18.1. The molecule has 2 nitrogen and oxygen atoms in total. The molecule has 0 amide bonds. The molecule has 128 valence electrons. The predicted octanol–water partition coefficient (Wildman–Crippen LogP) is 5.66. The lowest BCUT2D eigenvalue weighted by atomic mass is 10.1. The molecule has 0 saturated carbocycles. The van der Waals surface area contributed by atoms with Gasteiger partial charge in [0.2, 0.25) is 0 Å². The molecule has 0 atom stereocenters. The molecule has 0 aromatic carbocycles. The molecule has 0 aromatic rings. The fourth-order valence-corrected chi connectivity index (χ4v) is 2.63. The van der Waals surface area contributed by atoms with E-state index in [0.29, 0.717) is 0 Å². The van der Waals surface area contributed by atoms with Crippen molar-refractivity contribution in [2.75, 3.05) is 33.9 Å². The summed E-state index contributed by atoms with van der Waals surface area (Å²) in [7, 11) is 4.23. The first-order valence-electron chi connectivity index (χ1n) is 9.50. The zero-order valence-electron chi connectivity index (χ0n) is 15.2. The van der Waals surface area contributed by atoms with Gasteiger partial charge in [0, 0.05) is 13.2 Å². The van der Waals surface area contributed by atoms with E-state index in [2.05, 4.69) is 25.9 Å². The lowest BCUT2D eigenvalue weighted by molar-refractivity contribution is 0.122. The van der Waals surface area contributed by atoms with Crippen molar-refractivity contribution in [1.82, 2.24) is 4.90 Å². The number of hydrogen-bond acceptors (Lipinski definition) is 2. The topological polar surface area (TPSA) is 12.5 Å². The number of hydrogen-bond donors (Lipinski definition) is 0. The number of rotatable bonds is 17. The Bertz CT molecular complexity index is 182. The average molecular weight is 300 g/mol. The molecule has 0 spiro atoms. The highest BCUT2D eigenvalue weighted by atomic mass is 16.5. The van der Waals surface area contributed by atoms with E-state index >= 15 is 0 Å². The SMILES string of the molecule is CCCCCCCCCCCCCCOCCCN(C)C. The maximum absolute atomic E-state index is 5.65. The van der Waals surface area contributed by atoms with Crippen LogP contribution in [-0.4, -0.2) is 38.8 Å². The second kappa shape index (κ2) is 18.0. The lowest BCUT2D eigenvalue weighted by Crippen LogP contribution is -2.14. The van der Waals surface area contributed by atoms with Gasteiger partial charge in [0.1, 0.15) is 0 Å². The molecule has 0 fully saturated rings. The van der Waals surface area contributed by atoms with Gasteiger partial charge in [0.15, 0.2) is 0 Å². The minimum atomic E-state index is 0.927. The van der Waals surface area contributed by atoms with E-state index in [4.69, 9.17) is 4.74 Å². The van der Waals surface area contributed by atoms with Gasteiger partial charge in [-0.3, -0.25) is 0 Å². The highest BCUT2D eigenvalue weighted by Gasteiger charge is 1.94. The molecule has 0 rings (SSSR count). The monoisotopic (exact) mass is 299 g/mol. The van der Waals surface area contributed by atoms with Crippen LogP contribution in [0, 0.1) is 0 Å². The molecular weight excluding hydrogens is 258 g/mol. The second-order valence-electron chi connectivity index (χ2n) is 6.66. The van der Waals surface area contributed by atoms with Gasteiger partial charge in [-0.15, -0.1) is 0 Å². The van der Waals surface area contributed by atoms with Gasteiger partial charge in [-0.05, 0) is 33.5 Å². The van der Waals surface area contributed by atoms with E-state index in [1.807, 2.05) is 0 Å². The maximum Gasteiger partial charge on any atom is 0.0478 e. The summed E-state index contributed by atoms with van der Waals surface area (Å²) in [5.41, 5.74) is 0. The Hall–Kier alpha value is -0.0800. The van der Waals surface area contributed by atoms with Crippen LogP contribution in [-0.2, 0) is 4.74 Å². The molecule has 0 aliphatic rings. The van der Waals surface area contributed by atoms with Crippen LogP contribution in [0.15, 0.2) is 0 Å².